The summed E-state index contributed by atoms with van der Waals surface area (Å²) >= 11 is 0. The molecule has 27 heavy (non-hydrogen) atoms. The van der Waals surface area contributed by atoms with Gasteiger partial charge in [-0.05, 0) is 41.8 Å². The van der Waals surface area contributed by atoms with Crippen molar-refractivity contribution in [2.24, 2.45) is 0 Å². The Balaban J connectivity index is 1.80. The van der Waals surface area contributed by atoms with Crippen LogP contribution in [0.4, 0.5) is 0 Å². The first-order valence-electron chi connectivity index (χ1n) is 9.56. The van der Waals surface area contributed by atoms with Crippen molar-refractivity contribution < 1.29 is 14.6 Å². The average molecular weight is 362 g/mol. The number of hydrogen-bond donors (Lipinski definition) is 1. The molecule has 0 saturated heterocycles. The number of carboxylic acid groups (broad SMARTS) is 1. The Hall–Kier alpha value is -2.65. The molecule has 0 aromatic heterocycles. The van der Waals surface area contributed by atoms with Crippen LogP contribution in [-0.4, -0.2) is 17.7 Å². The minimum atomic E-state index is -0.903. The average Bonchev–Trinajstić information content (AvgIpc) is 2.72. The van der Waals surface area contributed by atoms with Crippen molar-refractivity contribution in [3.8, 4) is 0 Å². The smallest absolute Gasteiger partial charge is 0.335 e. The highest BCUT2D eigenvalue weighted by atomic mass is 16.5. The van der Waals surface area contributed by atoms with Gasteiger partial charge in [0.2, 0.25) is 0 Å². The molecule has 0 unspecified atom stereocenters. The van der Waals surface area contributed by atoms with E-state index < -0.39 is 11.6 Å². The van der Waals surface area contributed by atoms with Crippen LogP contribution >= 0.6 is 0 Å². The van der Waals surface area contributed by atoms with Gasteiger partial charge in [-0.15, -0.1) is 0 Å². The van der Waals surface area contributed by atoms with Gasteiger partial charge >= 0.3 is 5.97 Å². The number of carbonyl (C=O) groups is 1. The highest BCUT2D eigenvalue weighted by Crippen LogP contribution is 2.36. The molecule has 1 N–H and O–H groups in total. The van der Waals surface area contributed by atoms with E-state index >= 15 is 0 Å². The van der Waals surface area contributed by atoms with Crippen molar-refractivity contribution in [3.05, 3.63) is 95.6 Å². The lowest BCUT2D eigenvalue weighted by Crippen LogP contribution is -2.27. The van der Waals surface area contributed by atoms with Crippen LogP contribution in [0.1, 0.15) is 53.6 Å². The summed E-state index contributed by atoms with van der Waals surface area (Å²) in [6.07, 6.45) is 11.9. The van der Waals surface area contributed by atoms with Gasteiger partial charge in [0.25, 0.3) is 0 Å². The SMILES string of the molecule is CCCCCOC1(c2ccccc2)C=CC(c2ccc(C(=O)O)cc2)C=C1. The molecule has 0 amide bonds. The Labute approximate surface area is 161 Å². The summed E-state index contributed by atoms with van der Waals surface area (Å²) in [5.74, 6) is -0.788. The van der Waals surface area contributed by atoms with Crippen LogP contribution in [0.3, 0.4) is 0 Å². The van der Waals surface area contributed by atoms with E-state index in [0.717, 1.165) is 30.6 Å². The van der Waals surface area contributed by atoms with Crippen molar-refractivity contribution in [2.45, 2.75) is 37.7 Å². The number of aromatic carboxylic acids is 1. The first-order chi connectivity index (χ1) is 13.1. The standard InChI is InChI=1S/C24H26O3/c1-2-3-7-18-27-24(22-8-5-4-6-9-22)16-14-20(15-17-24)19-10-12-21(13-11-19)23(25)26/h4-6,8-17,20H,2-3,7,18H2,1H3,(H,25,26). The Morgan fingerprint density at radius 2 is 1.67 bits per heavy atom. The third kappa shape index (κ3) is 4.55. The van der Waals surface area contributed by atoms with Crippen molar-refractivity contribution in [2.75, 3.05) is 6.61 Å². The lowest BCUT2D eigenvalue weighted by Gasteiger charge is -2.32. The fourth-order valence-electron chi connectivity index (χ4n) is 3.35. The first kappa shape index (κ1) is 19.1. The van der Waals surface area contributed by atoms with Crippen LogP contribution in [0, 0.1) is 0 Å². The van der Waals surface area contributed by atoms with E-state index in [1.807, 2.05) is 30.3 Å². The minimum Gasteiger partial charge on any atom is -0.478 e. The summed E-state index contributed by atoms with van der Waals surface area (Å²) < 4.78 is 6.34. The summed E-state index contributed by atoms with van der Waals surface area (Å²) in [5.41, 5.74) is 1.96. The fourth-order valence-corrected chi connectivity index (χ4v) is 3.35. The molecule has 2 aromatic rings. The summed E-state index contributed by atoms with van der Waals surface area (Å²) in [4.78, 5) is 11.0. The van der Waals surface area contributed by atoms with E-state index in [1.54, 1.807) is 12.1 Å². The van der Waals surface area contributed by atoms with Gasteiger partial charge in [-0.25, -0.2) is 4.79 Å². The largest absolute Gasteiger partial charge is 0.478 e. The second-order valence-corrected chi connectivity index (χ2v) is 6.89. The summed E-state index contributed by atoms with van der Waals surface area (Å²) in [7, 11) is 0. The predicted octanol–water partition coefficient (Wildman–Crippen LogP) is 5.70. The molecule has 1 aliphatic rings. The number of allylic oxidation sites excluding steroid dienone is 2. The van der Waals surface area contributed by atoms with Crippen LogP contribution < -0.4 is 0 Å². The molecule has 0 spiro atoms. The number of carboxylic acids is 1. The molecule has 0 aliphatic heterocycles. The normalized spacial score (nSPS) is 21.3. The van der Waals surface area contributed by atoms with Crippen LogP contribution in [0.15, 0.2) is 78.9 Å². The second-order valence-electron chi connectivity index (χ2n) is 6.89. The molecule has 3 heteroatoms. The van der Waals surface area contributed by atoms with Gasteiger partial charge in [-0.1, -0.05) is 74.4 Å². The van der Waals surface area contributed by atoms with Crippen molar-refractivity contribution in [1.82, 2.24) is 0 Å². The third-order valence-electron chi connectivity index (χ3n) is 4.96. The summed E-state index contributed by atoms with van der Waals surface area (Å²) in [6.45, 7) is 2.91. The van der Waals surface area contributed by atoms with Gasteiger partial charge in [-0.3, -0.25) is 0 Å². The maximum absolute atomic E-state index is 11.0. The zero-order valence-corrected chi connectivity index (χ0v) is 15.7. The van der Waals surface area contributed by atoms with Crippen LogP contribution in [0.2, 0.25) is 0 Å². The molecule has 1 aliphatic carbocycles. The van der Waals surface area contributed by atoms with Gasteiger partial charge in [0.15, 0.2) is 0 Å². The van der Waals surface area contributed by atoms with Crippen molar-refractivity contribution in [3.63, 3.8) is 0 Å². The molecular formula is C24H26O3. The van der Waals surface area contributed by atoms with E-state index in [0.29, 0.717) is 5.56 Å². The number of benzene rings is 2. The Morgan fingerprint density at radius 1 is 1.00 bits per heavy atom. The van der Waals surface area contributed by atoms with Crippen molar-refractivity contribution >= 4 is 5.97 Å². The molecule has 0 radical (unpaired) electrons. The van der Waals surface area contributed by atoms with Gasteiger partial charge < -0.3 is 9.84 Å². The van der Waals surface area contributed by atoms with E-state index in [2.05, 4.69) is 43.4 Å². The van der Waals surface area contributed by atoms with E-state index in [9.17, 15) is 4.79 Å². The highest BCUT2D eigenvalue weighted by Gasteiger charge is 2.30. The molecule has 140 valence electrons. The second kappa shape index (κ2) is 8.83. The zero-order chi connectivity index (χ0) is 19.1. The molecule has 0 heterocycles. The number of hydrogen-bond acceptors (Lipinski definition) is 2. The molecule has 0 fully saturated rings. The minimum absolute atomic E-state index is 0.115. The van der Waals surface area contributed by atoms with Crippen LogP contribution in [0.5, 0.6) is 0 Å². The number of ether oxygens (including phenoxy) is 1. The number of unbranched alkanes of at least 4 members (excludes halogenated alkanes) is 2. The van der Waals surface area contributed by atoms with Crippen LogP contribution in [0.25, 0.3) is 0 Å². The monoisotopic (exact) mass is 362 g/mol. The van der Waals surface area contributed by atoms with Crippen molar-refractivity contribution in [1.29, 1.82) is 0 Å². The molecule has 2 aromatic carbocycles. The van der Waals surface area contributed by atoms with Gasteiger partial charge in [-0.2, -0.15) is 0 Å². The van der Waals surface area contributed by atoms with Gasteiger partial charge in [0, 0.05) is 12.5 Å². The maximum Gasteiger partial charge on any atom is 0.335 e. The Bertz CT molecular complexity index is 789. The predicted molar refractivity (Wildman–Crippen MR) is 108 cm³/mol. The lowest BCUT2D eigenvalue weighted by molar-refractivity contribution is 0.0211. The zero-order valence-electron chi connectivity index (χ0n) is 15.7. The van der Waals surface area contributed by atoms with E-state index in [1.165, 1.54) is 6.42 Å². The summed E-state index contributed by atoms with van der Waals surface area (Å²) in [6, 6.07) is 17.3. The highest BCUT2D eigenvalue weighted by molar-refractivity contribution is 5.87. The molecule has 3 rings (SSSR count). The molecule has 0 saturated carbocycles. The summed E-state index contributed by atoms with van der Waals surface area (Å²) in [5, 5.41) is 9.06. The lowest BCUT2D eigenvalue weighted by atomic mass is 9.84. The van der Waals surface area contributed by atoms with E-state index in [4.69, 9.17) is 9.84 Å². The number of rotatable bonds is 8. The Kier molecular flexibility index (Phi) is 6.25. The van der Waals surface area contributed by atoms with E-state index in [-0.39, 0.29) is 5.92 Å². The van der Waals surface area contributed by atoms with Gasteiger partial charge in [0.05, 0.1) is 5.56 Å². The first-order valence-corrected chi connectivity index (χ1v) is 9.56. The topological polar surface area (TPSA) is 46.5 Å². The molecular weight excluding hydrogens is 336 g/mol. The molecule has 3 nitrogen and oxygen atoms in total. The molecule has 0 bridgehead atoms. The molecule has 0 atom stereocenters. The maximum atomic E-state index is 11.0. The van der Waals surface area contributed by atoms with Crippen LogP contribution in [-0.2, 0) is 10.3 Å². The Morgan fingerprint density at radius 3 is 2.26 bits per heavy atom. The fraction of sp³-hybridized carbons (Fsp3) is 0.292. The quantitative estimate of drug-likeness (QED) is 0.484. The van der Waals surface area contributed by atoms with Gasteiger partial charge in [0.1, 0.15) is 5.60 Å². The third-order valence-corrected chi connectivity index (χ3v) is 4.96.